The monoisotopic (exact) mass is 448 g/mol. The minimum atomic E-state index is -0.000507. The van der Waals surface area contributed by atoms with Crippen molar-refractivity contribution in [2.45, 2.75) is 32.1 Å². The maximum absolute atomic E-state index is 13.5. The number of rotatable bonds is 4. The summed E-state index contributed by atoms with van der Waals surface area (Å²) in [5, 5.41) is 6.76. The molecule has 2 aromatic heterocycles. The Bertz CT molecular complexity index is 1060. The molecule has 2 fully saturated rings. The minimum Gasteiger partial charge on any atom is -0.342 e. The van der Waals surface area contributed by atoms with Crippen molar-refractivity contribution in [2.75, 3.05) is 26.2 Å². The van der Waals surface area contributed by atoms with Gasteiger partial charge in [0, 0.05) is 38.3 Å². The average molecular weight is 449 g/mol. The number of hydrogen-bond acceptors (Lipinski definition) is 4. The van der Waals surface area contributed by atoms with Crippen molar-refractivity contribution in [3.05, 3.63) is 59.6 Å². The Labute approximate surface area is 192 Å². The van der Waals surface area contributed by atoms with Gasteiger partial charge in [0.15, 0.2) is 0 Å². The first-order valence-electron chi connectivity index (χ1n) is 11.5. The molecule has 0 aliphatic carbocycles. The van der Waals surface area contributed by atoms with Gasteiger partial charge in [-0.2, -0.15) is 5.10 Å². The van der Waals surface area contributed by atoms with Crippen LogP contribution in [0.25, 0.3) is 16.3 Å². The van der Waals surface area contributed by atoms with Crippen LogP contribution in [-0.4, -0.2) is 57.6 Å². The molecule has 2 aliphatic heterocycles. The Morgan fingerprint density at radius 2 is 1.62 bits per heavy atom. The summed E-state index contributed by atoms with van der Waals surface area (Å²) in [5.41, 5.74) is 2.27. The number of benzene rings is 1. The smallest absolute Gasteiger partial charge is 0.257 e. The van der Waals surface area contributed by atoms with Gasteiger partial charge in [-0.25, -0.2) is 4.68 Å². The number of nitrogens with zero attached hydrogens (tertiary/aromatic N) is 4. The molecule has 0 atom stereocenters. The summed E-state index contributed by atoms with van der Waals surface area (Å²) in [7, 11) is 0. The van der Waals surface area contributed by atoms with Crippen LogP contribution in [0.5, 0.6) is 0 Å². The van der Waals surface area contributed by atoms with E-state index >= 15 is 0 Å². The lowest BCUT2D eigenvalue weighted by Crippen LogP contribution is -2.45. The second kappa shape index (κ2) is 9.28. The third-order valence-corrected chi connectivity index (χ3v) is 7.40. The molecule has 5 rings (SSSR count). The SMILES string of the molecule is O=C(c1cn(-c2ccccc2)nc1-c1cccs1)N1CCC(C(=O)N2CCCCC2)CC1. The van der Waals surface area contributed by atoms with E-state index in [0.29, 0.717) is 18.7 Å². The highest BCUT2D eigenvalue weighted by molar-refractivity contribution is 7.13. The van der Waals surface area contributed by atoms with Crippen LogP contribution >= 0.6 is 11.3 Å². The molecule has 3 aromatic rings. The number of piperidine rings is 2. The summed E-state index contributed by atoms with van der Waals surface area (Å²) in [6.45, 7) is 3.01. The van der Waals surface area contributed by atoms with Gasteiger partial charge in [0.25, 0.3) is 5.91 Å². The second-order valence-electron chi connectivity index (χ2n) is 8.60. The molecule has 2 amide bonds. The minimum absolute atomic E-state index is 0.000507. The van der Waals surface area contributed by atoms with Crippen LogP contribution in [0.2, 0.25) is 0 Å². The third kappa shape index (κ3) is 4.21. The number of carbonyl (C=O) groups excluding carboxylic acids is 2. The topological polar surface area (TPSA) is 58.4 Å². The Morgan fingerprint density at radius 1 is 0.875 bits per heavy atom. The van der Waals surface area contributed by atoms with Crippen molar-refractivity contribution in [1.82, 2.24) is 19.6 Å². The van der Waals surface area contributed by atoms with Gasteiger partial charge in [-0.1, -0.05) is 24.3 Å². The number of likely N-dealkylation sites (tertiary alicyclic amines) is 2. The number of carbonyl (C=O) groups is 2. The zero-order valence-corrected chi connectivity index (χ0v) is 19.0. The maximum Gasteiger partial charge on any atom is 0.257 e. The van der Waals surface area contributed by atoms with Gasteiger partial charge in [0.2, 0.25) is 5.91 Å². The summed E-state index contributed by atoms with van der Waals surface area (Å²) in [5.74, 6) is 0.327. The van der Waals surface area contributed by atoms with Gasteiger partial charge >= 0.3 is 0 Å². The van der Waals surface area contributed by atoms with Gasteiger partial charge in [-0.15, -0.1) is 11.3 Å². The van der Waals surface area contributed by atoms with E-state index in [-0.39, 0.29) is 17.7 Å². The Balaban J connectivity index is 1.33. The van der Waals surface area contributed by atoms with Gasteiger partial charge in [-0.3, -0.25) is 9.59 Å². The number of thiophene rings is 1. The molecule has 166 valence electrons. The summed E-state index contributed by atoms with van der Waals surface area (Å²) in [6.07, 6.45) is 6.77. The van der Waals surface area contributed by atoms with Crippen LogP contribution in [0.3, 0.4) is 0 Å². The van der Waals surface area contributed by atoms with E-state index in [9.17, 15) is 9.59 Å². The van der Waals surface area contributed by atoms with Crippen molar-refractivity contribution >= 4 is 23.2 Å². The maximum atomic E-state index is 13.5. The Kier molecular flexibility index (Phi) is 6.08. The number of hydrogen-bond donors (Lipinski definition) is 0. The molecule has 0 saturated carbocycles. The van der Waals surface area contributed by atoms with E-state index in [1.807, 2.05) is 63.8 Å². The highest BCUT2D eigenvalue weighted by atomic mass is 32.1. The molecule has 0 spiro atoms. The lowest BCUT2D eigenvalue weighted by molar-refractivity contribution is -0.137. The zero-order valence-electron chi connectivity index (χ0n) is 18.2. The fraction of sp³-hybridized carbons (Fsp3) is 0.400. The van der Waals surface area contributed by atoms with E-state index in [4.69, 9.17) is 5.10 Å². The molecule has 32 heavy (non-hydrogen) atoms. The molecular weight excluding hydrogens is 420 g/mol. The molecule has 0 radical (unpaired) electrons. The average Bonchev–Trinajstić information content (AvgIpc) is 3.55. The van der Waals surface area contributed by atoms with Crippen LogP contribution in [0.1, 0.15) is 42.5 Å². The Hall–Kier alpha value is -2.93. The second-order valence-corrected chi connectivity index (χ2v) is 9.55. The van der Waals surface area contributed by atoms with Crippen LogP contribution < -0.4 is 0 Å². The molecule has 6 nitrogen and oxygen atoms in total. The van der Waals surface area contributed by atoms with Crippen molar-refractivity contribution in [1.29, 1.82) is 0 Å². The van der Waals surface area contributed by atoms with Crippen molar-refractivity contribution in [3.63, 3.8) is 0 Å². The summed E-state index contributed by atoms with van der Waals surface area (Å²) < 4.78 is 1.79. The van der Waals surface area contributed by atoms with Gasteiger partial charge in [0.05, 0.1) is 16.1 Å². The van der Waals surface area contributed by atoms with Crippen molar-refractivity contribution in [2.24, 2.45) is 5.92 Å². The van der Waals surface area contributed by atoms with Crippen LogP contribution in [0.4, 0.5) is 0 Å². The first-order valence-corrected chi connectivity index (χ1v) is 12.4. The predicted octanol–water partition coefficient (Wildman–Crippen LogP) is 4.47. The summed E-state index contributed by atoms with van der Waals surface area (Å²) >= 11 is 1.59. The first-order chi connectivity index (χ1) is 15.7. The molecule has 0 N–H and O–H groups in total. The fourth-order valence-corrected chi connectivity index (χ4v) is 5.43. The third-order valence-electron chi connectivity index (χ3n) is 6.52. The molecule has 7 heteroatoms. The molecule has 2 saturated heterocycles. The normalized spacial score (nSPS) is 17.5. The highest BCUT2D eigenvalue weighted by Gasteiger charge is 2.32. The van der Waals surface area contributed by atoms with E-state index in [0.717, 1.165) is 55.0 Å². The van der Waals surface area contributed by atoms with Crippen LogP contribution in [-0.2, 0) is 4.79 Å². The van der Waals surface area contributed by atoms with Crippen molar-refractivity contribution in [3.8, 4) is 16.3 Å². The fourth-order valence-electron chi connectivity index (χ4n) is 4.71. The van der Waals surface area contributed by atoms with E-state index in [2.05, 4.69) is 0 Å². The molecule has 2 aliphatic rings. The largest absolute Gasteiger partial charge is 0.342 e. The molecule has 1 aromatic carbocycles. The standard InChI is InChI=1S/C25H28N4O2S/c30-24(27-13-5-2-6-14-27)19-11-15-28(16-12-19)25(31)21-18-29(20-8-3-1-4-9-20)26-23(21)22-10-7-17-32-22/h1,3-4,7-10,17-19H,2,5-6,11-16H2. The quantitative estimate of drug-likeness (QED) is 0.592. The number of aromatic nitrogens is 2. The number of amides is 2. The van der Waals surface area contributed by atoms with Gasteiger partial charge in [0.1, 0.15) is 5.69 Å². The van der Waals surface area contributed by atoms with E-state index < -0.39 is 0 Å². The zero-order chi connectivity index (χ0) is 21.9. The molecule has 0 bridgehead atoms. The van der Waals surface area contributed by atoms with E-state index in [1.165, 1.54) is 6.42 Å². The van der Waals surface area contributed by atoms with Crippen LogP contribution in [0.15, 0.2) is 54.0 Å². The molecule has 4 heterocycles. The van der Waals surface area contributed by atoms with Gasteiger partial charge < -0.3 is 9.80 Å². The summed E-state index contributed by atoms with van der Waals surface area (Å²) in [6, 6.07) is 13.8. The summed E-state index contributed by atoms with van der Waals surface area (Å²) in [4.78, 5) is 31.3. The number of para-hydroxylation sites is 1. The highest BCUT2D eigenvalue weighted by Crippen LogP contribution is 2.30. The van der Waals surface area contributed by atoms with Crippen LogP contribution in [0, 0.1) is 5.92 Å². The molecular formula is C25H28N4O2S. The Morgan fingerprint density at radius 3 is 2.31 bits per heavy atom. The lowest BCUT2D eigenvalue weighted by Gasteiger charge is -2.35. The predicted molar refractivity (Wildman–Crippen MR) is 126 cm³/mol. The lowest BCUT2D eigenvalue weighted by atomic mass is 9.94. The van der Waals surface area contributed by atoms with Crippen molar-refractivity contribution < 1.29 is 9.59 Å². The first kappa shape index (κ1) is 20.9. The molecule has 0 unspecified atom stereocenters. The van der Waals surface area contributed by atoms with Gasteiger partial charge in [-0.05, 0) is 55.7 Å². The van der Waals surface area contributed by atoms with E-state index in [1.54, 1.807) is 16.0 Å².